The van der Waals surface area contributed by atoms with Gasteiger partial charge in [-0.15, -0.1) is 0 Å². The molecule has 0 aliphatic carbocycles. The molecule has 4 heteroatoms. The molecule has 1 N–H and O–H groups in total. The van der Waals surface area contributed by atoms with Gasteiger partial charge in [0.05, 0.1) is 14.5 Å². The summed E-state index contributed by atoms with van der Waals surface area (Å²) in [5.41, 5.74) is 2.71. The summed E-state index contributed by atoms with van der Waals surface area (Å²) in [6.07, 6.45) is 0. The molecule has 0 saturated carbocycles. The van der Waals surface area contributed by atoms with Crippen LogP contribution < -0.4 is 0 Å². The van der Waals surface area contributed by atoms with Gasteiger partial charge in [0.2, 0.25) is 0 Å². The average molecular weight is 332 g/mol. The van der Waals surface area contributed by atoms with Crippen molar-refractivity contribution >= 4 is 39.1 Å². The molecule has 0 aromatic heterocycles. The Balaban J connectivity index is 2.69. The molecule has 2 rings (SSSR count). The monoisotopic (exact) mass is 330 g/mol. The summed E-state index contributed by atoms with van der Waals surface area (Å²) >= 11 is 15.4. The highest BCUT2D eigenvalue weighted by Gasteiger charge is 2.11. The van der Waals surface area contributed by atoms with E-state index in [0.717, 1.165) is 16.7 Å². The molecule has 1 nitrogen and oxygen atoms in total. The molecule has 88 valence electrons. The van der Waals surface area contributed by atoms with E-state index in [4.69, 9.17) is 23.2 Å². The lowest BCUT2D eigenvalue weighted by Crippen LogP contribution is -1.86. The highest BCUT2D eigenvalue weighted by Crippen LogP contribution is 2.38. The standard InChI is InChI=1S/C13H9BrCl2O/c1-7-5-10(14)12(17)6-9(7)8-3-2-4-11(15)13(8)16/h2-6,17H,1H3. The number of benzene rings is 2. The lowest BCUT2D eigenvalue weighted by atomic mass is 10.0. The number of aryl methyl sites for hydroxylation is 1. The van der Waals surface area contributed by atoms with E-state index in [1.807, 2.05) is 25.1 Å². The van der Waals surface area contributed by atoms with Gasteiger partial charge in [0, 0.05) is 5.56 Å². The van der Waals surface area contributed by atoms with Gasteiger partial charge in [-0.05, 0) is 52.2 Å². The van der Waals surface area contributed by atoms with E-state index >= 15 is 0 Å². The van der Waals surface area contributed by atoms with Crippen LogP contribution in [0.5, 0.6) is 5.75 Å². The first-order chi connectivity index (χ1) is 8.00. The summed E-state index contributed by atoms with van der Waals surface area (Å²) in [5, 5.41) is 10.7. The van der Waals surface area contributed by atoms with Crippen LogP contribution in [0.1, 0.15) is 5.56 Å². The van der Waals surface area contributed by atoms with Crippen LogP contribution in [-0.2, 0) is 0 Å². The van der Waals surface area contributed by atoms with Gasteiger partial charge in [-0.1, -0.05) is 35.3 Å². The minimum atomic E-state index is 0.182. The molecule has 0 unspecified atom stereocenters. The minimum absolute atomic E-state index is 0.182. The number of phenolic OH excluding ortho intramolecular Hbond substituents is 1. The van der Waals surface area contributed by atoms with Crippen LogP contribution in [0.4, 0.5) is 0 Å². The van der Waals surface area contributed by atoms with Crippen molar-refractivity contribution in [3.63, 3.8) is 0 Å². The third kappa shape index (κ3) is 2.44. The van der Waals surface area contributed by atoms with Gasteiger partial charge in [-0.3, -0.25) is 0 Å². The highest BCUT2D eigenvalue weighted by molar-refractivity contribution is 9.10. The summed E-state index contributed by atoms with van der Waals surface area (Å²) in [6.45, 7) is 1.96. The highest BCUT2D eigenvalue weighted by atomic mass is 79.9. The fourth-order valence-electron chi connectivity index (χ4n) is 1.66. The number of phenols is 1. The Morgan fingerprint density at radius 1 is 1.12 bits per heavy atom. The number of hydrogen-bond acceptors (Lipinski definition) is 1. The molecule has 2 aromatic carbocycles. The Labute approximate surface area is 118 Å². The third-order valence-electron chi connectivity index (χ3n) is 2.54. The zero-order valence-electron chi connectivity index (χ0n) is 8.97. The SMILES string of the molecule is Cc1cc(Br)c(O)cc1-c1cccc(Cl)c1Cl. The second-order valence-corrected chi connectivity index (χ2v) is 5.36. The quantitative estimate of drug-likeness (QED) is 0.738. The first-order valence-corrected chi connectivity index (χ1v) is 6.49. The van der Waals surface area contributed by atoms with Crippen molar-refractivity contribution in [2.24, 2.45) is 0 Å². The van der Waals surface area contributed by atoms with E-state index in [-0.39, 0.29) is 5.75 Å². The Hall–Kier alpha value is -0.700. The number of aromatic hydroxyl groups is 1. The van der Waals surface area contributed by atoms with Crippen LogP contribution in [0.3, 0.4) is 0 Å². The summed E-state index contributed by atoms with van der Waals surface area (Å²) < 4.78 is 0.664. The molecular formula is C13H9BrCl2O. The summed E-state index contributed by atoms with van der Waals surface area (Å²) in [6, 6.07) is 8.98. The summed E-state index contributed by atoms with van der Waals surface area (Å²) in [4.78, 5) is 0. The van der Waals surface area contributed by atoms with Crippen molar-refractivity contribution < 1.29 is 5.11 Å². The van der Waals surface area contributed by atoms with Crippen molar-refractivity contribution in [2.75, 3.05) is 0 Å². The Bertz CT molecular complexity index is 582. The molecule has 0 atom stereocenters. The fraction of sp³-hybridized carbons (Fsp3) is 0.0769. The van der Waals surface area contributed by atoms with Gasteiger partial charge < -0.3 is 5.11 Å². The maximum Gasteiger partial charge on any atom is 0.130 e. The van der Waals surface area contributed by atoms with Crippen molar-refractivity contribution in [1.82, 2.24) is 0 Å². The molecule has 0 saturated heterocycles. The summed E-state index contributed by atoms with van der Waals surface area (Å²) in [5.74, 6) is 0.182. The van der Waals surface area contributed by atoms with E-state index in [9.17, 15) is 5.11 Å². The Morgan fingerprint density at radius 2 is 1.82 bits per heavy atom. The number of rotatable bonds is 1. The normalized spacial score (nSPS) is 10.6. The Kier molecular flexibility index (Phi) is 3.67. The van der Waals surface area contributed by atoms with Gasteiger partial charge in [0.1, 0.15) is 5.75 Å². The molecule has 2 aromatic rings. The van der Waals surface area contributed by atoms with Gasteiger partial charge >= 0.3 is 0 Å². The third-order valence-corrected chi connectivity index (χ3v) is 3.99. The first kappa shape index (κ1) is 12.7. The van der Waals surface area contributed by atoms with Gasteiger partial charge in [0.25, 0.3) is 0 Å². The van der Waals surface area contributed by atoms with E-state index in [0.29, 0.717) is 14.5 Å². The van der Waals surface area contributed by atoms with E-state index in [2.05, 4.69) is 15.9 Å². The largest absolute Gasteiger partial charge is 0.507 e. The van der Waals surface area contributed by atoms with Gasteiger partial charge in [0.15, 0.2) is 0 Å². The van der Waals surface area contributed by atoms with Crippen molar-refractivity contribution in [2.45, 2.75) is 6.92 Å². The van der Waals surface area contributed by atoms with Crippen LogP contribution in [0.2, 0.25) is 10.0 Å². The second kappa shape index (κ2) is 4.89. The van der Waals surface area contributed by atoms with Crippen LogP contribution in [0.25, 0.3) is 11.1 Å². The molecule has 0 heterocycles. The van der Waals surface area contributed by atoms with Crippen molar-refractivity contribution in [3.8, 4) is 16.9 Å². The van der Waals surface area contributed by atoms with Crippen LogP contribution >= 0.6 is 39.1 Å². The molecule has 17 heavy (non-hydrogen) atoms. The smallest absolute Gasteiger partial charge is 0.130 e. The van der Waals surface area contributed by atoms with Gasteiger partial charge in [-0.2, -0.15) is 0 Å². The second-order valence-electron chi connectivity index (χ2n) is 3.72. The van der Waals surface area contributed by atoms with E-state index in [1.165, 1.54) is 0 Å². The molecule has 0 aliphatic heterocycles. The fourth-order valence-corrected chi connectivity index (χ4v) is 2.52. The van der Waals surface area contributed by atoms with E-state index in [1.54, 1.807) is 12.1 Å². The van der Waals surface area contributed by atoms with Crippen LogP contribution in [0, 0.1) is 6.92 Å². The van der Waals surface area contributed by atoms with Crippen molar-refractivity contribution in [3.05, 3.63) is 50.4 Å². The lowest BCUT2D eigenvalue weighted by Gasteiger charge is -2.10. The average Bonchev–Trinajstić information content (AvgIpc) is 2.28. The predicted molar refractivity (Wildman–Crippen MR) is 76.0 cm³/mol. The molecule has 0 amide bonds. The number of halogens is 3. The molecule has 0 bridgehead atoms. The molecule has 0 spiro atoms. The Morgan fingerprint density at radius 3 is 2.53 bits per heavy atom. The van der Waals surface area contributed by atoms with Crippen LogP contribution in [0.15, 0.2) is 34.8 Å². The minimum Gasteiger partial charge on any atom is -0.507 e. The topological polar surface area (TPSA) is 20.2 Å². The van der Waals surface area contributed by atoms with Gasteiger partial charge in [-0.25, -0.2) is 0 Å². The summed E-state index contributed by atoms with van der Waals surface area (Å²) in [7, 11) is 0. The molecule has 0 fully saturated rings. The lowest BCUT2D eigenvalue weighted by molar-refractivity contribution is 0.472. The zero-order chi connectivity index (χ0) is 12.6. The first-order valence-electron chi connectivity index (χ1n) is 4.94. The van der Waals surface area contributed by atoms with Crippen LogP contribution in [-0.4, -0.2) is 5.11 Å². The van der Waals surface area contributed by atoms with E-state index < -0.39 is 0 Å². The number of hydrogen-bond donors (Lipinski definition) is 1. The predicted octanol–water partition coefficient (Wildman–Crippen LogP) is 5.44. The molecule has 0 radical (unpaired) electrons. The maximum absolute atomic E-state index is 9.72. The molecule has 0 aliphatic rings. The van der Waals surface area contributed by atoms with Crippen molar-refractivity contribution in [1.29, 1.82) is 0 Å². The maximum atomic E-state index is 9.72. The molecular weight excluding hydrogens is 323 g/mol. The zero-order valence-corrected chi connectivity index (χ0v) is 12.1.